The molecule has 1 aliphatic heterocycles. The maximum Gasteiger partial charge on any atom is 0.105 e. The fourth-order valence-corrected chi connectivity index (χ4v) is 3.60. The monoisotopic (exact) mass is 242 g/mol. The normalized spacial score (nSPS) is 18.2. The molecule has 0 saturated carbocycles. The number of nitrogens with zero attached hydrogens (tertiary/aromatic N) is 2. The molecule has 0 unspecified atom stereocenters. The van der Waals surface area contributed by atoms with E-state index in [1.54, 1.807) is 0 Å². The van der Waals surface area contributed by atoms with E-state index in [0.717, 1.165) is 6.54 Å². The van der Waals surface area contributed by atoms with Crippen LogP contribution in [0.5, 0.6) is 0 Å². The molecule has 0 bridgehead atoms. The molecule has 0 saturated heterocycles. The third-order valence-electron chi connectivity index (χ3n) is 3.03. The Kier molecular flexibility index (Phi) is 2.77. The standard InChI is InChI=1S/C14H14N2S/c1-2-16-12-5-3-4-6-13(12)17-14(16)11-7-9-15-10-8-11/h3-10,14H,2H2,1H3/t14-/m1/s1. The lowest BCUT2D eigenvalue weighted by molar-refractivity contribution is 0.823. The molecule has 17 heavy (non-hydrogen) atoms. The van der Waals surface area contributed by atoms with Gasteiger partial charge in [-0.05, 0) is 36.8 Å². The number of pyridine rings is 1. The van der Waals surface area contributed by atoms with Crippen molar-refractivity contribution in [3.63, 3.8) is 0 Å². The Balaban J connectivity index is 2.00. The third-order valence-corrected chi connectivity index (χ3v) is 4.38. The number of aromatic nitrogens is 1. The maximum absolute atomic E-state index is 4.09. The lowest BCUT2D eigenvalue weighted by Crippen LogP contribution is -2.22. The second-order valence-corrected chi connectivity index (χ2v) is 5.13. The molecule has 0 radical (unpaired) electrons. The van der Waals surface area contributed by atoms with Crippen LogP contribution in [0.4, 0.5) is 5.69 Å². The van der Waals surface area contributed by atoms with Crippen LogP contribution in [0.25, 0.3) is 0 Å². The van der Waals surface area contributed by atoms with Crippen molar-refractivity contribution in [2.45, 2.75) is 17.2 Å². The van der Waals surface area contributed by atoms with Gasteiger partial charge in [-0.25, -0.2) is 0 Å². The van der Waals surface area contributed by atoms with Crippen molar-refractivity contribution < 1.29 is 0 Å². The molecule has 0 amide bonds. The van der Waals surface area contributed by atoms with Crippen LogP contribution >= 0.6 is 11.8 Å². The van der Waals surface area contributed by atoms with Crippen LogP contribution in [-0.4, -0.2) is 11.5 Å². The van der Waals surface area contributed by atoms with Gasteiger partial charge in [0.1, 0.15) is 5.37 Å². The average Bonchev–Trinajstić information content (AvgIpc) is 2.78. The second kappa shape index (κ2) is 4.41. The minimum Gasteiger partial charge on any atom is -0.354 e. The quantitative estimate of drug-likeness (QED) is 0.798. The molecule has 2 aromatic rings. The fraction of sp³-hybridized carbons (Fsp3) is 0.214. The summed E-state index contributed by atoms with van der Waals surface area (Å²) >= 11 is 1.92. The van der Waals surface area contributed by atoms with E-state index < -0.39 is 0 Å². The van der Waals surface area contributed by atoms with Crippen LogP contribution in [0.2, 0.25) is 0 Å². The molecule has 86 valence electrons. The van der Waals surface area contributed by atoms with Gasteiger partial charge in [0.25, 0.3) is 0 Å². The smallest absolute Gasteiger partial charge is 0.105 e. The third kappa shape index (κ3) is 1.80. The number of para-hydroxylation sites is 1. The molecule has 2 nitrogen and oxygen atoms in total. The number of benzene rings is 1. The van der Waals surface area contributed by atoms with Crippen molar-refractivity contribution in [1.29, 1.82) is 0 Å². The highest BCUT2D eigenvalue weighted by atomic mass is 32.2. The molecule has 0 fully saturated rings. The van der Waals surface area contributed by atoms with Crippen LogP contribution in [0.1, 0.15) is 17.9 Å². The summed E-state index contributed by atoms with van der Waals surface area (Å²) in [6.07, 6.45) is 3.74. The van der Waals surface area contributed by atoms with Gasteiger partial charge in [-0.1, -0.05) is 23.9 Å². The van der Waals surface area contributed by atoms with Crippen molar-refractivity contribution in [3.8, 4) is 0 Å². The van der Waals surface area contributed by atoms with Gasteiger partial charge in [-0.15, -0.1) is 0 Å². The van der Waals surface area contributed by atoms with Crippen molar-refractivity contribution in [2.24, 2.45) is 0 Å². The second-order valence-electron chi connectivity index (χ2n) is 4.00. The lowest BCUT2D eigenvalue weighted by atomic mass is 10.2. The fourth-order valence-electron chi connectivity index (χ4n) is 2.22. The Bertz CT molecular complexity index is 513. The molecule has 2 heterocycles. The largest absolute Gasteiger partial charge is 0.354 e. The molecule has 1 aromatic heterocycles. The number of hydrogen-bond acceptors (Lipinski definition) is 3. The van der Waals surface area contributed by atoms with Crippen LogP contribution < -0.4 is 4.90 Å². The summed E-state index contributed by atoms with van der Waals surface area (Å²) in [5, 5.41) is 0.389. The van der Waals surface area contributed by atoms with Gasteiger partial charge < -0.3 is 4.90 Å². The summed E-state index contributed by atoms with van der Waals surface area (Å²) in [5.74, 6) is 0. The Hall–Kier alpha value is -1.48. The highest BCUT2D eigenvalue weighted by molar-refractivity contribution is 8.00. The first-order valence-corrected chi connectivity index (χ1v) is 6.70. The maximum atomic E-state index is 4.09. The van der Waals surface area contributed by atoms with E-state index in [2.05, 4.69) is 53.2 Å². The highest BCUT2D eigenvalue weighted by Crippen LogP contribution is 2.50. The Labute approximate surface area is 106 Å². The molecule has 0 aliphatic carbocycles. The zero-order valence-electron chi connectivity index (χ0n) is 9.71. The topological polar surface area (TPSA) is 16.1 Å². The first kappa shape index (κ1) is 10.7. The minimum atomic E-state index is 0.389. The lowest BCUT2D eigenvalue weighted by Gasteiger charge is -2.25. The van der Waals surface area contributed by atoms with Gasteiger partial charge in [0.2, 0.25) is 0 Å². The molecular weight excluding hydrogens is 228 g/mol. The number of rotatable bonds is 2. The first-order valence-electron chi connectivity index (χ1n) is 5.82. The summed E-state index contributed by atoms with van der Waals surface area (Å²) in [5.41, 5.74) is 2.67. The predicted molar refractivity (Wildman–Crippen MR) is 72.3 cm³/mol. The van der Waals surface area contributed by atoms with Gasteiger partial charge in [0.15, 0.2) is 0 Å². The van der Waals surface area contributed by atoms with E-state index in [0.29, 0.717) is 5.37 Å². The van der Waals surface area contributed by atoms with Crippen molar-refractivity contribution in [2.75, 3.05) is 11.4 Å². The molecular formula is C14H14N2S. The summed E-state index contributed by atoms with van der Waals surface area (Å²) < 4.78 is 0. The number of thioether (sulfide) groups is 1. The van der Waals surface area contributed by atoms with Crippen molar-refractivity contribution in [3.05, 3.63) is 54.4 Å². The van der Waals surface area contributed by atoms with Gasteiger partial charge >= 0.3 is 0 Å². The van der Waals surface area contributed by atoms with Gasteiger partial charge in [-0.3, -0.25) is 4.98 Å². The molecule has 1 aromatic carbocycles. The van der Waals surface area contributed by atoms with Crippen LogP contribution in [0.15, 0.2) is 53.7 Å². The highest BCUT2D eigenvalue weighted by Gasteiger charge is 2.29. The molecule has 3 rings (SSSR count). The van der Waals surface area contributed by atoms with E-state index in [-0.39, 0.29) is 0 Å². The molecule has 1 aliphatic rings. The van der Waals surface area contributed by atoms with Crippen molar-refractivity contribution >= 4 is 17.4 Å². The van der Waals surface area contributed by atoms with Crippen molar-refractivity contribution in [1.82, 2.24) is 4.98 Å². The Morgan fingerprint density at radius 1 is 1.18 bits per heavy atom. The van der Waals surface area contributed by atoms with Crippen LogP contribution in [0.3, 0.4) is 0 Å². The SMILES string of the molecule is CCN1c2ccccc2S[C@@H]1c1ccncc1. The summed E-state index contributed by atoms with van der Waals surface area (Å²) in [6, 6.07) is 12.8. The summed E-state index contributed by atoms with van der Waals surface area (Å²) in [6.45, 7) is 3.23. The van der Waals surface area contributed by atoms with E-state index in [1.165, 1.54) is 16.1 Å². The average molecular weight is 242 g/mol. The zero-order valence-corrected chi connectivity index (χ0v) is 10.5. The van der Waals surface area contributed by atoms with Gasteiger partial charge in [-0.2, -0.15) is 0 Å². The summed E-state index contributed by atoms with van der Waals surface area (Å²) in [7, 11) is 0. The summed E-state index contributed by atoms with van der Waals surface area (Å²) in [4.78, 5) is 7.90. The van der Waals surface area contributed by atoms with E-state index in [9.17, 15) is 0 Å². The molecule has 0 spiro atoms. The van der Waals surface area contributed by atoms with E-state index >= 15 is 0 Å². The Morgan fingerprint density at radius 2 is 1.94 bits per heavy atom. The van der Waals surface area contributed by atoms with Gasteiger partial charge in [0.05, 0.1) is 5.69 Å². The molecule has 1 atom stereocenters. The number of fused-ring (bicyclic) bond motifs is 1. The number of anilines is 1. The zero-order chi connectivity index (χ0) is 11.7. The van der Waals surface area contributed by atoms with Crippen LogP contribution in [-0.2, 0) is 0 Å². The minimum absolute atomic E-state index is 0.389. The van der Waals surface area contributed by atoms with Gasteiger partial charge in [0, 0.05) is 23.8 Å². The van der Waals surface area contributed by atoms with E-state index in [1.807, 2.05) is 24.2 Å². The Morgan fingerprint density at radius 3 is 2.71 bits per heavy atom. The molecule has 0 N–H and O–H groups in total. The van der Waals surface area contributed by atoms with Crippen LogP contribution in [0, 0.1) is 0 Å². The van der Waals surface area contributed by atoms with E-state index in [4.69, 9.17) is 0 Å². The predicted octanol–water partition coefficient (Wildman–Crippen LogP) is 3.71. The molecule has 3 heteroatoms. The first-order chi connectivity index (χ1) is 8.40. The number of hydrogen-bond donors (Lipinski definition) is 0.